The van der Waals surface area contributed by atoms with Gasteiger partial charge in [-0.3, -0.25) is 9.69 Å². The summed E-state index contributed by atoms with van der Waals surface area (Å²) in [6.45, 7) is 6.60. The molecule has 1 amide bonds. The molecule has 1 saturated carbocycles. The highest BCUT2D eigenvalue weighted by atomic mass is 32.2. The smallest absolute Gasteiger partial charge is 0.228 e. The monoisotopic (exact) mass is 419 g/mol. The highest BCUT2D eigenvalue weighted by molar-refractivity contribution is 8.00. The average molecular weight is 420 g/mol. The molecule has 2 aromatic rings. The molecular weight excluding hydrogens is 394 g/mol. The zero-order valence-corrected chi connectivity index (χ0v) is 18.1. The van der Waals surface area contributed by atoms with Crippen LogP contribution in [0.3, 0.4) is 0 Å². The van der Waals surface area contributed by atoms with Crippen LogP contribution in [0.25, 0.3) is 0 Å². The minimum Gasteiger partial charge on any atom is -0.494 e. The summed E-state index contributed by atoms with van der Waals surface area (Å²) in [6.07, 6.45) is 3.73. The number of fused-ring (bicyclic) bond motifs is 1. The Morgan fingerprint density at radius 2 is 2.18 bits per heavy atom. The molecule has 0 bridgehead atoms. The molecule has 1 aromatic heterocycles. The maximum absolute atomic E-state index is 12.3. The Bertz CT molecular complexity index is 866. The van der Waals surface area contributed by atoms with Gasteiger partial charge in [0.25, 0.3) is 0 Å². The molecule has 0 saturated heterocycles. The van der Waals surface area contributed by atoms with Crippen LogP contribution >= 0.6 is 23.1 Å². The first kappa shape index (κ1) is 19.5. The Morgan fingerprint density at radius 1 is 1.36 bits per heavy atom. The molecule has 1 atom stereocenters. The van der Waals surface area contributed by atoms with Crippen molar-refractivity contribution in [3.63, 3.8) is 0 Å². The van der Waals surface area contributed by atoms with E-state index < -0.39 is 0 Å². The molecule has 2 aliphatic rings. The highest BCUT2D eigenvalue weighted by Crippen LogP contribution is 2.40. The molecule has 8 heteroatoms. The molecule has 1 unspecified atom stereocenters. The molecule has 2 heterocycles. The van der Waals surface area contributed by atoms with E-state index in [2.05, 4.69) is 29.3 Å². The highest BCUT2D eigenvalue weighted by Gasteiger charge is 2.35. The second kappa shape index (κ2) is 8.29. The first-order valence-corrected chi connectivity index (χ1v) is 11.6. The predicted octanol–water partition coefficient (Wildman–Crippen LogP) is 4.46. The van der Waals surface area contributed by atoms with Gasteiger partial charge in [0, 0.05) is 35.8 Å². The van der Waals surface area contributed by atoms with Crippen molar-refractivity contribution in [3.8, 4) is 11.5 Å². The van der Waals surface area contributed by atoms with Crippen LogP contribution in [0.4, 0.5) is 5.13 Å². The van der Waals surface area contributed by atoms with Crippen LogP contribution in [0.15, 0.2) is 16.5 Å². The summed E-state index contributed by atoms with van der Waals surface area (Å²) in [4.78, 5) is 14.1. The van der Waals surface area contributed by atoms with Crippen molar-refractivity contribution in [2.75, 3.05) is 11.5 Å². The van der Waals surface area contributed by atoms with Gasteiger partial charge in [-0.05, 0) is 38.8 Å². The van der Waals surface area contributed by atoms with Crippen molar-refractivity contribution < 1.29 is 14.3 Å². The van der Waals surface area contributed by atoms with Crippen molar-refractivity contribution in [1.29, 1.82) is 0 Å². The predicted molar refractivity (Wildman–Crippen MR) is 112 cm³/mol. The largest absolute Gasteiger partial charge is 0.494 e. The summed E-state index contributed by atoms with van der Waals surface area (Å²) < 4.78 is 12.6. The number of benzene rings is 1. The van der Waals surface area contributed by atoms with Gasteiger partial charge in [-0.2, -0.15) is 0 Å². The summed E-state index contributed by atoms with van der Waals surface area (Å²) in [5.41, 5.74) is 2.31. The van der Waals surface area contributed by atoms with Crippen molar-refractivity contribution >= 4 is 34.1 Å². The summed E-state index contributed by atoms with van der Waals surface area (Å²) in [6, 6.07) is 4.51. The van der Waals surface area contributed by atoms with Gasteiger partial charge in [-0.25, -0.2) is 0 Å². The first-order valence-electron chi connectivity index (χ1n) is 9.82. The van der Waals surface area contributed by atoms with Crippen LogP contribution in [0, 0.1) is 0 Å². The van der Waals surface area contributed by atoms with E-state index >= 15 is 0 Å². The zero-order valence-electron chi connectivity index (χ0n) is 16.4. The van der Waals surface area contributed by atoms with Crippen LogP contribution in [-0.2, 0) is 17.0 Å². The Morgan fingerprint density at radius 3 is 2.89 bits per heavy atom. The fraction of sp³-hybridized carbons (Fsp3) is 0.550. The number of amides is 1. The maximum Gasteiger partial charge on any atom is 0.228 e. The van der Waals surface area contributed by atoms with Gasteiger partial charge in [0.2, 0.25) is 11.0 Å². The lowest BCUT2D eigenvalue weighted by Crippen LogP contribution is -2.32. The van der Waals surface area contributed by atoms with Crippen molar-refractivity contribution in [2.24, 2.45) is 0 Å². The quantitative estimate of drug-likeness (QED) is 0.465. The number of ether oxygens (including phenoxy) is 2. The fourth-order valence-electron chi connectivity index (χ4n) is 3.35. The second-order valence-electron chi connectivity index (χ2n) is 7.12. The normalized spacial score (nSPS) is 17.9. The van der Waals surface area contributed by atoms with Gasteiger partial charge in [-0.1, -0.05) is 30.0 Å². The lowest BCUT2D eigenvalue weighted by atomic mass is 10.1. The number of aromatic nitrogens is 2. The van der Waals surface area contributed by atoms with Gasteiger partial charge in [0.05, 0.1) is 6.61 Å². The lowest BCUT2D eigenvalue weighted by molar-refractivity contribution is -0.118. The van der Waals surface area contributed by atoms with E-state index in [1.54, 1.807) is 11.8 Å². The third-order valence-corrected chi connectivity index (χ3v) is 6.92. The van der Waals surface area contributed by atoms with E-state index in [0.29, 0.717) is 24.2 Å². The third kappa shape index (κ3) is 4.12. The Kier molecular flexibility index (Phi) is 5.78. The summed E-state index contributed by atoms with van der Waals surface area (Å²) >= 11 is 3.11. The van der Waals surface area contributed by atoms with Gasteiger partial charge >= 0.3 is 0 Å². The number of nitrogens with zero attached hydrogens (tertiary/aromatic N) is 3. The van der Waals surface area contributed by atoms with Gasteiger partial charge in [0.1, 0.15) is 17.6 Å². The molecule has 28 heavy (non-hydrogen) atoms. The van der Waals surface area contributed by atoms with Crippen LogP contribution in [0.2, 0.25) is 0 Å². The number of rotatable bonds is 8. The number of hydrogen-bond donors (Lipinski definition) is 0. The Balaban J connectivity index is 1.48. The molecule has 0 spiro atoms. The number of anilines is 1. The van der Waals surface area contributed by atoms with Gasteiger partial charge in [0.15, 0.2) is 4.34 Å². The standard InChI is InChI=1S/C20H25N3O3S2/c1-4-18(24)23(15-6-7-15)19-21-22-20(28-19)27-11-14-10-17-13(8-12(3)26-17)9-16(14)25-5-2/h9-10,12,15H,4-8,11H2,1-3H3. The fourth-order valence-corrected chi connectivity index (χ4v) is 5.26. The summed E-state index contributed by atoms with van der Waals surface area (Å²) in [5.74, 6) is 2.72. The number of hydrogen-bond acceptors (Lipinski definition) is 7. The minimum absolute atomic E-state index is 0.124. The van der Waals surface area contributed by atoms with Crippen molar-refractivity contribution in [2.45, 2.75) is 68.7 Å². The maximum atomic E-state index is 12.3. The SMILES string of the molecule is CCOc1cc2c(cc1CSc1nnc(N(C(=O)CC)C3CC3)s1)OC(C)C2. The molecule has 1 aromatic carbocycles. The molecule has 1 aliphatic heterocycles. The first-order chi connectivity index (χ1) is 13.6. The van der Waals surface area contributed by atoms with E-state index in [4.69, 9.17) is 9.47 Å². The van der Waals surface area contributed by atoms with E-state index in [0.717, 1.165) is 46.4 Å². The molecule has 0 radical (unpaired) electrons. The molecule has 1 aliphatic carbocycles. The van der Waals surface area contributed by atoms with Crippen LogP contribution in [0.5, 0.6) is 11.5 Å². The molecule has 150 valence electrons. The minimum atomic E-state index is 0.124. The zero-order chi connectivity index (χ0) is 19.7. The Labute approximate surface area is 173 Å². The Hall–Kier alpha value is -1.80. The molecule has 4 rings (SSSR count). The van der Waals surface area contributed by atoms with Gasteiger partial charge in [-0.15, -0.1) is 10.2 Å². The number of carbonyl (C=O) groups is 1. The lowest BCUT2D eigenvalue weighted by Gasteiger charge is -2.17. The summed E-state index contributed by atoms with van der Waals surface area (Å²) in [5, 5.41) is 9.30. The topological polar surface area (TPSA) is 64.6 Å². The van der Waals surface area contributed by atoms with E-state index in [1.807, 2.05) is 18.7 Å². The van der Waals surface area contributed by atoms with Crippen molar-refractivity contribution in [1.82, 2.24) is 10.2 Å². The third-order valence-electron chi connectivity index (χ3n) is 4.82. The molecule has 6 nitrogen and oxygen atoms in total. The molecular formula is C20H25N3O3S2. The number of thioether (sulfide) groups is 1. The average Bonchev–Trinajstić information content (AvgIpc) is 3.28. The van der Waals surface area contributed by atoms with Gasteiger partial charge < -0.3 is 9.47 Å². The second-order valence-corrected chi connectivity index (χ2v) is 9.30. The molecule has 0 N–H and O–H groups in total. The van der Waals surface area contributed by atoms with Crippen LogP contribution in [-0.4, -0.2) is 34.9 Å². The summed E-state index contributed by atoms with van der Waals surface area (Å²) in [7, 11) is 0. The number of carbonyl (C=O) groups excluding carboxylic acids is 1. The van der Waals surface area contributed by atoms with E-state index in [1.165, 1.54) is 16.9 Å². The van der Waals surface area contributed by atoms with E-state index in [9.17, 15) is 4.79 Å². The molecule has 1 fully saturated rings. The van der Waals surface area contributed by atoms with Crippen molar-refractivity contribution in [3.05, 3.63) is 23.3 Å². The van der Waals surface area contributed by atoms with Crippen LogP contribution < -0.4 is 14.4 Å². The van der Waals surface area contributed by atoms with E-state index in [-0.39, 0.29) is 12.0 Å². The van der Waals surface area contributed by atoms with Crippen LogP contribution in [0.1, 0.15) is 51.2 Å².